The van der Waals surface area contributed by atoms with Crippen LogP contribution in [0.15, 0.2) is 0 Å². The third-order valence-corrected chi connectivity index (χ3v) is 4.22. The van der Waals surface area contributed by atoms with Crippen molar-refractivity contribution < 1.29 is 24.6 Å². The molecular formula is C13H21N3O5. The lowest BCUT2D eigenvalue weighted by atomic mass is 9.84. The molecule has 8 heteroatoms. The van der Waals surface area contributed by atoms with Crippen molar-refractivity contribution in [2.45, 2.75) is 37.8 Å². The SMILES string of the molecule is O=C(O)CC[C@H](NC(=O)NC1CN2CCC1CC2)C(=O)O. The molecule has 3 fully saturated rings. The van der Waals surface area contributed by atoms with Crippen LogP contribution in [0.4, 0.5) is 4.79 Å². The number of carbonyl (C=O) groups is 3. The maximum absolute atomic E-state index is 11.9. The highest BCUT2D eigenvalue weighted by Crippen LogP contribution is 2.27. The summed E-state index contributed by atoms with van der Waals surface area (Å²) in [6, 6.07) is -1.67. The van der Waals surface area contributed by atoms with Gasteiger partial charge in [-0.15, -0.1) is 0 Å². The second-order valence-corrected chi connectivity index (χ2v) is 5.69. The van der Waals surface area contributed by atoms with Crippen molar-refractivity contribution in [1.82, 2.24) is 15.5 Å². The fourth-order valence-electron chi connectivity index (χ4n) is 3.02. The molecule has 3 heterocycles. The van der Waals surface area contributed by atoms with E-state index in [0.717, 1.165) is 32.5 Å². The Hall–Kier alpha value is -1.83. The molecule has 3 aliphatic rings. The number of hydrogen-bond donors (Lipinski definition) is 4. The van der Waals surface area contributed by atoms with Crippen molar-refractivity contribution in [2.24, 2.45) is 5.92 Å². The van der Waals surface area contributed by atoms with Crippen LogP contribution in [-0.4, -0.2) is 64.8 Å². The Labute approximate surface area is 122 Å². The van der Waals surface area contributed by atoms with E-state index in [1.54, 1.807) is 0 Å². The summed E-state index contributed by atoms with van der Waals surface area (Å²) >= 11 is 0. The minimum atomic E-state index is -1.22. The molecule has 1 unspecified atom stereocenters. The smallest absolute Gasteiger partial charge is 0.326 e. The Bertz CT molecular complexity index is 420. The zero-order valence-corrected chi connectivity index (χ0v) is 11.7. The Morgan fingerprint density at radius 3 is 2.33 bits per heavy atom. The molecule has 4 N–H and O–H groups in total. The van der Waals surface area contributed by atoms with E-state index in [1.807, 2.05) is 0 Å². The number of amides is 2. The van der Waals surface area contributed by atoms with Crippen molar-refractivity contribution in [3.63, 3.8) is 0 Å². The van der Waals surface area contributed by atoms with Gasteiger partial charge in [-0.2, -0.15) is 0 Å². The second-order valence-electron chi connectivity index (χ2n) is 5.69. The minimum Gasteiger partial charge on any atom is -0.481 e. The van der Waals surface area contributed by atoms with Crippen molar-refractivity contribution in [2.75, 3.05) is 19.6 Å². The van der Waals surface area contributed by atoms with Crippen LogP contribution in [0.2, 0.25) is 0 Å². The van der Waals surface area contributed by atoms with Gasteiger partial charge in [0.15, 0.2) is 0 Å². The largest absolute Gasteiger partial charge is 0.481 e. The molecule has 3 saturated heterocycles. The van der Waals surface area contributed by atoms with Crippen LogP contribution in [-0.2, 0) is 9.59 Å². The Morgan fingerprint density at radius 2 is 1.86 bits per heavy atom. The number of nitrogens with one attached hydrogen (secondary N) is 2. The Kier molecular flexibility index (Phi) is 5.00. The molecule has 3 rings (SSSR count). The van der Waals surface area contributed by atoms with Gasteiger partial charge in [-0.05, 0) is 38.3 Å². The number of carboxylic acid groups (broad SMARTS) is 2. The number of nitrogens with zero attached hydrogens (tertiary/aromatic N) is 1. The van der Waals surface area contributed by atoms with Gasteiger partial charge < -0.3 is 25.7 Å². The third-order valence-electron chi connectivity index (χ3n) is 4.22. The fraction of sp³-hybridized carbons (Fsp3) is 0.769. The van der Waals surface area contributed by atoms with Crippen LogP contribution < -0.4 is 10.6 Å². The summed E-state index contributed by atoms with van der Waals surface area (Å²) in [6.07, 6.45) is 1.67. The van der Waals surface area contributed by atoms with Crippen molar-refractivity contribution in [1.29, 1.82) is 0 Å². The van der Waals surface area contributed by atoms with Gasteiger partial charge in [-0.1, -0.05) is 0 Å². The van der Waals surface area contributed by atoms with E-state index in [4.69, 9.17) is 10.2 Å². The molecule has 0 radical (unpaired) electrons. The van der Waals surface area contributed by atoms with Crippen LogP contribution in [0, 0.1) is 5.92 Å². The maximum atomic E-state index is 11.9. The number of carboxylic acids is 2. The summed E-state index contributed by atoms with van der Waals surface area (Å²) in [4.78, 5) is 35.7. The van der Waals surface area contributed by atoms with Crippen molar-refractivity contribution >= 4 is 18.0 Å². The Morgan fingerprint density at radius 1 is 1.19 bits per heavy atom. The zero-order chi connectivity index (χ0) is 15.4. The molecule has 0 saturated carbocycles. The fourth-order valence-corrected chi connectivity index (χ4v) is 3.02. The number of aliphatic carboxylic acids is 2. The number of piperidine rings is 3. The number of hydrogen-bond acceptors (Lipinski definition) is 4. The van der Waals surface area contributed by atoms with Crippen molar-refractivity contribution in [3.05, 3.63) is 0 Å². The molecule has 0 aromatic heterocycles. The van der Waals surface area contributed by atoms with Crippen LogP contribution in [0.1, 0.15) is 25.7 Å². The van der Waals surface area contributed by atoms with E-state index in [9.17, 15) is 14.4 Å². The highest BCUT2D eigenvalue weighted by Gasteiger charge is 2.35. The first-order chi connectivity index (χ1) is 9.95. The maximum Gasteiger partial charge on any atom is 0.326 e. The molecule has 0 aliphatic carbocycles. The normalized spacial score (nSPS) is 28.7. The molecular weight excluding hydrogens is 278 g/mol. The summed E-state index contributed by atoms with van der Waals surface area (Å²) in [6.45, 7) is 2.91. The molecule has 118 valence electrons. The quantitative estimate of drug-likeness (QED) is 0.534. The second kappa shape index (κ2) is 6.75. The van der Waals surface area contributed by atoms with E-state index >= 15 is 0 Å². The molecule has 21 heavy (non-hydrogen) atoms. The van der Waals surface area contributed by atoms with Gasteiger partial charge in [0.25, 0.3) is 0 Å². The van der Waals surface area contributed by atoms with Gasteiger partial charge in [-0.25, -0.2) is 9.59 Å². The lowest BCUT2D eigenvalue weighted by Gasteiger charge is -2.44. The van der Waals surface area contributed by atoms with Crippen LogP contribution in [0.3, 0.4) is 0 Å². The highest BCUT2D eigenvalue weighted by atomic mass is 16.4. The molecule has 2 atom stereocenters. The average Bonchev–Trinajstić information content (AvgIpc) is 2.44. The van der Waals surface area contributed by atoms with Gasteiger partial charge in [-0.3, -0.25) is 4.79 Å². The molecule has 2 amide bonds. The van der Waals surface area contributed by atoms with Crippen LogP contribution in [0.5, 0.6) is 0 Å². The van der Waals surface area contributed by atoms with Crippen molar-refractivity contribution in [3.8, 4) is 0 Å². The predicted octanol–water partition coefficient (Wildman–Crippen LogP) is -0.302. The molecule has 2 bridgehead atoms. The Balaban J connectivity index is 1.81. The lowest BCUT2D eigenvalue weighted by Crippen LogP contribution is -2.59. The van der Waals surface area contributed by atoms with Crippen LogP contribution >= 0.6 is 0 Å². The number of carbonyl (C=O) groups excluding carboxylic acids is 1. The third kappa shape index (κ3) is 4.32. The lowest BCUT2D eigenvalue weighted by molar-refractivity contribution is -0.140. The number of rotatable bonds is 6. The first kappa shape index (κ1) is 15.6. The van der Waals surface area contributed by atoms with Gasteiger partial charge >= 0.3 is 18.0 Å². The van der Waals surface area contributed by atoms with E-state index in [1.165, 1.54) is 0 Å². The van der Waals surface area contributed by atoms with E-state index in [2.05, 4.69) is 15.5 Å². The average molecular weight is 299 g/mol. The molecule has 0 aromatic carbocycles. The molecule has 8 nitrogen and oxygen atoms in total. The summed E-state index contributed by atoms with van der Waals surface area (Å²) in [7, 11) is 0. The van der Waals surface area contributed by atoms with Gasteiger partial charge in [0.1, 0.15) is 6.04 Å². The molecule has 0 aromatic rings. The standard InChI is InChI=1S/C13H21N3O5/c17-11(18)2-1-9(12(19)20)14-13(21)15-10-7-16-5-3-8(10)4-6-16/h8-10H,1-7H2,(H,17,18)(H,19,20)(H2,14,15,21)/t9-,10?/m0/s1. The van der Waals surface area contributed by atoms with Gasteiger partial charge in [0, 0.05) is 19.0 Å². The summed E-state index contributed by atoms with van der Waals surface area (Å²) in [5, 5.41) is 22.8. The minimum absolute atomic E-state index is 0.0430. The summed E-state index contributed by atoms with van der Waals surface area (Å²) < 4.78 is 0. The predicted molar refractivity (Wildman–Crippen MR) is 72.9 cm³/mol. The number of fused-ring (bicyclic) bond motifs is 3. The van der Waals surface area contributed by atoms with E-state index in [0.29, 0.717) is 5.92 Å². The van der Waals surface area contributed by atoms with E-state index in [-0.39, 0.29) is 18.9 Å². The molecule has 0 spiro atoms. The van der Waals surface area contributed by atoms with E-state index < -0.39 is 24.0 Å². The first-order valence-corrected chi connectivity index (χ1v) is 7.19. The van der Waals surface area contributed by atoms with Crippen LogP contribution in [0.25, 0.3) is 0 Å². The highest BCUT2D eigenvalue weighted by molar-refractivity contribution is 5.83. The first-order valence-electron chi connectivity index (χ1n) is 7.19. The zero-order valence-electron chi connectivity index (χ0n) is 11.7. The topological polar surface area (TPSA) is 119 Å². The van der Waals surface area contributed by atoms with Gasteiger partial charge in [0.05, 0.1) is 0 Å². The van der Waals surface area contributed by atoms with Gasteiger partial charge in [0.2, 0.25) is 0 Å². The molecule has 3 aliphatic heterocycles. The summed E-state index contributed by atoms with van der Waals surface area (Å²) in [5.74, 6) is -1.86. The summed E-state index contributed by atoms with van der Waals surface area (Å²) in [5.41, 5.74) is 0. The number of urea groups is 1. The monoisotopic (exact) mass is 299 g/mol.